The molecular formula is C6H12N2O4S2. The normalized spacial score (nSPS) is 21.0. The van der Waals surface area contributed by atoms with E-state index in [-0.39, 0.29) is 21.6 Å². The Balaban J connectivity index is 4.65. The van der Waals surface area contributed by atoms with Crippen LogP contribution in [0.5, 0.6) is 0 Å². The van der Waals surface area contributed by atoms with E-state index in [2.05, 4.69) is 0 Å². The van der Waals surface area contributed by atoms with Crippen molar-refractivity contribution in [3.8, 4) is 0 Å². The Morgan fingerprint density at radius 1 is 1.14 bits per heavy atom. The molecule has 6 nitrogen and oxygen atoms in total. The van der Waals surface area contributed by atoms with Crippen molar-refractivity contribution in [2.75, 3.05) is 11.4 Å². The highest BCUT2D eigenvalue weighted by Gasteiger charge is 2.14. The Hall–Kier alpha value is -0.440. The molecule has 82 valence electrons. The van der Waals surface area contributed by atoms with Gasteiger partial charge < -0.3 is 21.7 Å². The van der Waals surface area contributed by atoms with Gasteiger partial charge in [-0.25, -0.2) is 0 Å². The van der Waals surface area contributed by atoms with E-state index < -0.39 is 35.4 Å². The molecule has 6 N–H and O–H groups in total. The van der Waals surface area contributed by atoms with Crippen LogP contribution in [-0.2, 0) is 9.59 Å². The average Bonchev–Trinajstić information content (AvgIpc) is 2.24. The molecule has 0 heterocycles. The number of hydrogen-bond acceptors (Lipinski definition) is 6. The van der Waals surface area contributed by atoms with E-state index in [0.717, 1.165) is 0 Å². The minimum Gasteiger partial charge on any atom is -0.480 e. The lowest BCUT2D eigenvalue weighted by molar-refractivity contribution is -0.138. The van der Waals surface area contributed by atoms with Gasteiger partial charge in [0.2, 0.25) is 0 Å². The van der Waals surface area contributed by atoms with Gasteiger partial charge in [0, 0.05) is 16.9 Å². The minimum absolute atomic E-state index is 0.194. The predicted molar refractivity (Wildman–Crippen MR) is 56.1 cm³/mol. The van der Waals surface area contributed by atoms with Gasteiger partial charge in [-0.1, -0.05) is 21.6 Å². The maximum absolute atomic E-state index is 10.5. The van der Waals surface area contributed by atoms with Gasteiger partial charge in [-0.3, -0.25) is 9.59 Å². The van der Waals surface area contributed by atoms with Crippen LogP contribution in [0.1, 0.15) is 5.48 Å². The first-order valence-electron chi connectivity index (χ1n) is 5.25. The van der Waals surface area contributed by atoms with E-state index in [1.54, 1.807) is 0 Å². The highest BCUT2D eigenvalue weighted by atomic mass is 33.1. The van der Waals surface area contributed by atoms with E-state index in [1.807, 2.05) is 0 Å². The standard InChI is InChI=1S/C6H12N2O4S2/c7-3(5(9)10)1-13-14-2-4(8)6(11)12/h3-4H,1-2,7-8H2,(H,9,10)(H,11,12)/i1D2,2D2. The zero-order valence-electron chi connectivity index (χ0n) is 10.8. The van der Waals surface area contributed by atoms with Crippen LogP contribution in [-0.4, -0.2) is 45.6 Å². The zero-order valence-corrected chi connectivity index (χ0v) is 8.47. The number of hydrogen-bond donors (Lipinski definition) is 4. The molecule has 0 fully saturated rings. The zero-order chi connectivity index (χ0) is 14.7. The maximum atomic E-state index is 10.5. The Morgan fingerprint density at radius 3 is 1.64 bits per heavy atom. The molecule has 0 bridgehead atoms. The SMILES string of the molecule is [2H]C([2H])(SSC([2H])([2H])C(N)C(=O)O)C(N)C(=O)O. The van der Waals surface area contributed by atoms with E-state index in [1.165, 1.54) is 0 Å². The lowest BCUT2D eigenvalue weighted by Crippen LogP contribution is -2.33. The monoisotopic (exact) mass is 244 g/mol. The molecule has 14 heavy (non-hydrogen) atoms. The molecule has 0 aliphatic rings. The Kier molecular flexibility index (Phi) is 3.86. The lowest BCUT2D eigenvalue weighted by atomic mass is 10.4. The fourth-order valence-corrected chi connectivity index (χ4v) is 1.67. The Morgan fingerprint density at radius 2 is 1.43 bits per heavy atom. The third-order valence-electron chi connectivity index (χ3n) is 0.924. The third kappa shape index (κ3) is 6.08. The second kappa shape index (κ2) is 6.93. The highest BCUT2D eigenvalue weighted by molar-refractivity contribution is 8.76. The summed E-state index contributed by atoms with van der Waals surface area (Å²) in [5, 5.41) is 17.1. The molecule has 0 saturated carbocycles. The summed E-state index contributed by atoms with van der Waals surface area (Å²) in [5.74, 6) is -3.17. The van der Waals surface area contributed by atoms with Gasteiger partial charge in [-0.2, -0.15) is 0 Å². The number of carboxylic acid groups (broad SMARTS) is 2. The van der Waals surface area contributed by atoms with Crippen LogP contribution in [0.3, 0.4) is 0 Å². The first-order chi connectivity index (χ1) is 7.92. The first-order valence-corrected chi connectivity index (χ1v) is 5.40. The summed E-state index contributed by atoms with van der Waals surface area (Å²) in [6.45, 7) is 0. The van der Waals surface area contributed by atoms with Crippen molar-refractivity contribution in [1.29, 1.82) is 0 Å². The molecule has 0 saturated heterocycles. The molecule has 2 unspecified atom stereocenters. The maximum Gasteiger partial charge on any atom is 0.321 e. The summed E-state index contributed by atoms with van der Waals surface area (Å²) >= 11 is 0. The molecule has 0 aliphatic heterocycles. The van der Waals surface area contributed by atoms with Crippen molar-refractivity contribution in [2.45, 2.75) is 12.1 Å². The lowest BCUT2D eigenvalue weighted by Gasteiger charge is -2.07. The summed E-state index contributed by atoms with van der Waals surface area (Å²) in [6, 6.07) is -3.74. The summed E-state index contributed by atoms with van der Waals surface area (Å²) in [7, 11) is 0.387. The fourth-order valence-electron chi connectivity index (χ4n) is 0.253. The summed E-state index contributed by atoms with van der Waals surface area (Å²) in [5.41, 5.74) is 5.22. The van der Waals surface area contributed by atoms with Crippen LogP contribution in [0.4, 0.5) is 0 Å². The van der Waals surface area contributed by atoms with Crippen LogP contribution in [0.2, 0.25) is 0 Å². The van der Waals surface area contributed by atoms with Gasteiger partial charge in [0.1, 0.15) is 12.1 Å². The molecule has 0 aromatic rings. The molecule has 0 radical (unpaired) electrons. The first kappa shape index (κ1) is 7.80. The topological polar surface area (TPSA) is 127 Å². The second-order valence-corrected chi connectivity index (χ2v) is 3.84. The highest BCUT2D eigenvalue weighted by Crippen LogP contribution is 2.22. The van der Waals surface area contributed by atoms with E-state index >= 15 is 0 Å². The summed E-state index contributed by atoms with van der Waals surface area (Å²) in [6.07, 6.45) is 0. The second-order valence-electron chi connectivity index (χ2n) is 2.03. The van der Waals surface area contributed by atoms with E-state index in [9.17, 15) is 9.59 Å². The van der Waals surface area contributed by atoms with Crippen molar-refractivity contribution in [3.05, 3.63) is 0 Å². The molecule has 8 heteroatoms. The third-order valence-corrected chi connectivity index (χ3v) is 2.53. The largest absolute Gasteiger partial charge is 0.480 e. The molecule has 0 spiro atoms. The average molecular weight is 244 g/mol. The van der Waals surface area contributed by atoms with Crippen molar-refractivity contribution < 1.29 is 25.3 Å². The van der Waals surface area contributed by atoms with Crippen LogP contribution in [0.15, 0.2) is 0 Å². The number of aliphatic carboxylic acids is 2. The minimum atomic E-state index is -2.47. The molecule has 2 atom stereocenters. The number of carboxylic acids is 2. The van der Waals surface area contributed by atoms with Crippen LogP contribution < -0.4 is 11.5 Å². The predicted octanol–water partition coefficient (Wildman–Crippen LogP) is -0.808. The number of rotatable bonds is 7. The van der Waals surface area contributed by atoms with Gasteiger partial charge in [0.25, 0.3) is 0 Å². The molecule has 0 rings (SSSR count). The van der Waals surface area contributed by atoms with Gasteiger partial charge in [-0.05, 0) is 0 Å². The quantitative estimate of drug-likeness (QED) is 0.428. The van der Waals surface area contributed by atoms with Crippen LogP contribution in [0, 0.1) is 0 Å². The summed E-state index contributed by atoms with van der Waals surface area (Å²) in [4.78, 5) is 21.0. The molecule has 0 aromatic carbocycles. The van der Waals surface area contributed by atoms with E-state index in [4.69, 9.17) is 27.2 Å². The van der Waals surface area contributed by atoms with Crippen LogP contribution >= 0.6 is 21.6 Å². The molecular weight excluding hydrogens is 228 g/mol. The van der Waals surface area contributed by atoms with Gasteiger partial charge >= 0.3 is 11.9 Å². The Bertz CT molecular complexity index is 312. The van der Waals surface area contributed by atoms with Crippen molar-refractivity contribution in [3.63, 3.8) is 0 Å². The summed E-state index contributed by atoms with van der Waals surface area (Å²) < 4.78 is 29.4. The molecule has 0 aliphatic carbocycles. The van der Waals surface area contributed by atoms with Crippen LogP contribution in [0.25, 0.3) is 0 Å². The van der Waals surface area contributed by atoms with Gasteiger partial charge in [0.15, 0.2) is 0 Å². The molecule has 0 amide bonds. The smallest absolute Gasteiger partial charge is 0.321 e. The Labute approximate surface area is 94.4 Å². The molecule has 0 aromatic heterocycles. The van der Waals surface area contributed by atoms with Gasteiger partial charge in [0.05, 0.1) is 0 Å². The fraction of sp³-hybridized carbons (Fsp3) is 0.667. The van der Waals surface area contributed by atoms with E-state index in [0.29, 0.717) is 0 Å². The van der Waals surface area contributed by atoms with Gasteiger partial charge in [-0.15, -0.1) is 0 Å². The number of carbonyl (C=O) groups is 2. The van der Waals surface area contributed by atoms with Crippen molar-refractivity contribution >= 4 is 33.5 Å². The van der Waals surface area contributed by atoms with Crippen molar-refractivity contribution in [2.24, 2.45) is 11.5 Å². The number of nitrogens with two attached hydrogens (primary N) is 2. The van der Waals surface area contributed by atoms with Crippen molar-refractivity contribution in [1.82, 2.24) is 0 Å².